The van der Waals surface area contributed by atoms with Gasteiger partial charge >= 0.3 is 12.1 Å². The van der Waals surface area contributed by atoms with Crippen LogP contribution < -0.4 is 0 Å². The zero-order valence-electron chi connectivity index (χ0n) is 6.57. The number of carbonyl (C=O) groups is 1. The van der Waals surface area contributed by atoms with Gasteiger partial charge in [-0.25, -0.2) is 4.79 Å². The molecule has 0 fully saturated rings. The van der Waals surface area contributed by atoms with Crippen molar-refractivity contribution in [3.8, 4) is 0 Å². The van der Waals surface area contributed by atoms with Gasteiger partial charge in [0.25, 0.3) is 0 Å². The summed E-state index contributed by atoms with van der Waals surface area (Å²) in [6.07, 6.45) is -4.53. The summed E-state index contributed by atoms with van der Waals surface area (Å²) in [7, 11) is 0. The van der Waals surface area contributed by atoms with Crippen molar-refractivity contribution in [1.29, 1.82) is 0 Å². The van der Waals surface area contributed by atoms with Crippen LogP contribution in [-0.4, -0.2) is 16.1 Å². The third kappa shape index (κ3) is 1.82. The molecule has 0 saturated carbocycles. The number of alkyl halides is 3. The van der Waals surface area contributed by atoms with Crippen molar-refractivity contribution in [2.75, 3.05) is 0 Å². The molecule has 6 heteroatoms. The van der Waals surface area contributed by atoms with Gasteiger partial charge in [-0.2, -0.15) is 13.2 Å². The van der Waals surface area contributed by atoms with Gasteiger partial charge in [0.05, 0.1) is 5.56 Å². The number of halogens is 3. The molecule has 72 valence electrons. The van der Waals surface area contributed by atoms with Crippen LogP contribution in [0.5, 0.6) is 0 Å². The van der Waals surface area contributed by atoms with E-state index in [1.807, 2.05) is 4.98 Å². The average molecular weight is 193 g/mol. The molecular formula is C7H6F3NO2. The number of aromatic amines is 1. The van der Waals surface area contributed by atoms with Crippen LogP contribution in [0.3, 0.4) is 0 Å². The van der Waals surface area contributed by atoms with Crippen LogP contribution in [0.1, 0.15) is 21.7 Å². The van der Waals surface area contributed by atoms with Crippen LogP contribution in [0.2, 0.25) is 0 Å². The van der Waals surface area contributed by atoms with E-state index in [1.54, 1.807) is 0 Å². The Hall–Kier alpha value is -1.46. The van der Waals surface area contributed by atoms with Gasteiger partial charge in [0.1, 0.15) is 5.69 Å². The first-order chi connectivity index (χ1) is 5.82. The fourth-order valence-corrected chi connectivity index (χ4v) is 0.933. The number of carboxylic acids is 1. The summed E-state index contributed by atoms with van der Waals surface area (Å²) >= 11 is 0. The van der Waals surface area contributed by atoms with E-state index in [2.05, 4.69) is 0 Å². The molecule has 0 amide bonds. The van der Waals surface area contributed by atoms with Gasteiger partial charge in [0, 0.05) is 5.69 Å². The van der Waals surface area contributed by atoms with Crippen LogP contribution in [0.25, 0.3) is 0 Å². The maximum absolute atomic E-state index is 12.0. The standard InChI is InChI=1S/C7H6F3NO2/c1-3-4(6(12)13)2-5(11-3)7(8,9)10/h2,11H,1H3,(H,12,13). The number of aromatic carboxylic acids is 1. The summed E-state index contributed by atoms with van der Waals surface area (Å²) in [6, 6.07) is 0.581. The number of nitrogens with one attached hydrogen (secondary N) is 1. The number of aryl methyl sites for hydroxylation is 1. The number of hydrogen-bond acceptors (Lipinski definition) is 1. The van der Waals surface area contributed by atoms with Crippen molar-refractivity contribution >= 4 is 5.97 Å². The Morgan fingerprint density at radius 2 is 2.08 bits per heavy atom. The fraction of sp³-hybridized carbons (Fsp3) is 0.286. The molecule has 0 atom stereocenters. The first-order valence-electron chi connectivity index (χ1n) is 3.32. The molecule has 1 aromatic rings. The van der Waals surface area contributed by atoms with E-state index < -0.39 is 17.8 Å². The van der Waals surface area contributed by atoms with Crippen molar-refractivity contribution in [1.82, 2.24) is 4.98 Å². The third-order valence-electron chi connectivity index (χ3n) is 1.55. The van der Waals surface area contributed by atoms with E-state index in [-0.39, 0.29) is 11.3 Å². The first kappa shape index (κ1) is 9.63. The fourth-order valence-electron chi connectivity index (χ4n) is 0.933. The lowest BCUT2D eigenvalue weighted by atomic mass is 10.2. The number of H-pyrrole nitrogens is 1. The number of carboxylic acid groups (broad SMARTS) is 1. The first-order valence-corrected chi connectivity index (χ1v) is 3.32. The maximum atomic E-state index is 12.0. The van der Waals surface area contributed by atoms with Crippen LogP contribution in [0, 0.1) is 6.92 Å². The van der Waals surface area contributed by atoms with E-state index in [1.165, 1.54) is 6.92 Å². The molecule has 1 aromatic heterocycles. The van der Waals surface area contributed by atoms with Gasteiger partial charge in [0.15, 0.2) is 0 Å². The van der Waals surface area contributed by atoms with Crippen molar-refractivity contribution in [2.24, 2.45) is 0 Å². The summed E-state index contributed by atoms with van der Waals surface area (Å²) in [5.41, 5.74) is -1.39. The van der Waals surface area contributed by atoms with Gasteiger partial charge in [-0.15, -0.1) is 0 Å². The molecular weight excluding hydrogens is 187 g/mol. The highest BCUT2D eigenvalue weighted by atomic mass is 19.4. The minimum Gasteiger partial charge on any atom is -0.478 e. The van der Waals surface area contributed by atoms with Gasteiger partial charge in [-0.3, -0.25) is 0 Å². The van der Waals surface area contributed by atoms with E-state index >= 15 is 0 Å². The zero-order chi connectivity index (χ0) is 10.2. The largest absolute Gasteiger partial charge is 0.478 e. The van der Waals surface area contributed by atoms with E-state index in [0.717, 1.165) is 0 Å². The predicted octanol–water partition coefficient (Wildman–Crippen LogP) is 2.04. The third-order valence-corrected chi connectivity index (χ3v) is 1.55. The lowest BCUT2D eigenvalue weighted by Gasteiger charge is -2.00. The normalized spacial score (nSPS) is 11.7. The van der Waals surface area contributed by atoms with Crippen LogP contribution in [0.4, 0.5) is 13.2 Å². The van der Waals surface area contributed by atoms with Crippen LogP contribution >= 0.6 is 0 Å². The minimum atomic E-state index is -4.53. The molecule has 1 rings (SSSR count). The van der Waals surface area contributed by atoms with Crippen LogP contribution in [0.15, 0.2) is 6.07 Å². The van der Waals surface area contributed by atoms with Crippen molar-refractivity contribution in [2.45, 2.75) is 13.1 Å². The molecule has 2 N–H and O–H groups in total. The predicted molar refractivity (Wildman–Crippen MR) is 37.5 cm³/mol. The smallest absolute Gasteiger partial charge is 0.431 e. The van der Waals surface area contributed by atoms with Crippen LogP contribution in [-0.2, 0) is 6.18 Å². The van der Waals surface area contributed by atoms with Gasteiger partial charge in [-0.05, 0) is 13.0 Å². The number of aromatic nitrogens is 1. The molecule has 0 aromatic carbocycles. The second-order valence-electron chi connectivity index (χ2n) is 2.52. The van der Waals surface area contributed by atoms with Crippen molar-refractivity contribution in [3.63, 3.8) is 0 Å². The Kier molecular flexibility index (Phi) is 2.07. The van der Waals surface area contributed by atoms with Crippen molar-refractivity contribution in [3.05, 3.63) is 23.0 Å². The van der Waals surface area contributed by atoms with E-state index in [9.17, 15) is 18.0 Å². The molecule has 0 saturated heterocycles. The Bertz CT molecular complexity index is 340. The highest BCUT2D eigenvalue weighted by molar-refractivity contribution is 5.89. The minimum absolute atomic E-state index is 0.000162. The van der Waals surface area contributed by atoms with Gasteiger partial charge < -0.3 is 10.1 Å². The topological polar surface area (TPSA) is 53.1 Å². The highest BCUT2D eigenvalue weighted by Gasteiger charge is 2.33. The molecule has 0 aliphatic heterocycles. The summed E-state index contributed by atoms with van der Waals surface area (Å²) in [5.74, 6) is -1.37. The van der Waals surface area contributed by atoms with Crippen molar-refractivity contribution < 1.29 is 23.1 Å². The Morgan fingerprint density at radius 3 is 2.31 bits per heavy atom. The average Bonchev–Trinajstić information content (AvgIpc) is 2.29. The maximum Gasteiger partial charge on any atom is 0.431 e. The van der Waals surface area contributed by atoms with Gasteiger partial charge in [-0.1, -0.05) is 0 Å². The highest BCUT2D eigenvalue weighted by Crippen LogP contribution is 2.29. The molecule has 0 radical (unpaired) electrons. The molecule has 0 aliphatic carbocycles. The second-order valence-corrected chi connectivity index (χ2v) is 2.52. The molecule has 13 heavy (non-hydrogen) atoms. The summed E-state index contributed by atoms with van der Waals surface area (Å²) in [6.45, 7) is 1.28. The number of hydrogen-bond donors (Lipinski definition) is 2. The summed E-state index contributed by atoms with van der Waals surface area (Å²) in [4.78, 5) is 12.3. The zero-order valence-corrected chi connectivity index (χ0v) is 6.57. The molecule has 0 spiro atoms. The summed E-state index contributed by atoms with van der Waals surface area (Å²) in [5, 5.41) is 8.46. The second kappa shape index (κ2) is 2.79. The SMILES string of the molecule is Cc1[nH]c(C(F)(F)F)cc1C(=O)O. The molecule has 1 heterocycles. The lowest BCUT2D eigenvalue weighted by Crippen LogP contribution is -2.04. The summed E-state index contributed by atoms with van der Waals surface area (Å²) < 4.78 is 36.1. The molecule has 3 nitrogen and oxygen atoms in total. The molecule has 0 aliphatic rings. The Morgan fingerprint density at radius 1 is 1.54 bits per heavy atom. The quantitative estimate of drug-likeness (QED) is 0.716. The van der Waals surface area contributed by atoms with E-state index in [0.29, 0.717) is 6.07 Å². The molecule has 0 bridgehead atoms. The lowest BCUT2D eigenvalue weighted by molar-refractivity contribution is -0.140. The Labute approximate surface area is 71.2 Å². The molecule has 0 unspecified atom stereocenters. The number of rotatable bonds is 1. The monoisotopic (exact) mass is 193 g/mol. The van der Waals surface area contributed by atoms with E-state index in [4.69, 9.17) is 5.11 Å². The Balaban J connectivity index is 3.17. The van der Waals surface area contributed by atoms with Gasteiger partial charge in [0.2, 0.25) is 0 Å².